The van der Waals surface area contributed by atoms with Crippen LogP contribution in [0.25, 0.3) is 0 Å². The minimum Gasteiger partial charge on any atom is -0.389 e. The lowest BCUT2D eigenvalue weighted by molar-refractivity contribution is 0.199. The molecule has 2 amide bonds. The van der Waals surface area contributed by atoms with Gasteiger partial charge in [0.05, 0.1) is 6.10 Å². The summed E-state index contributed by atoms with van der Waals surface area (Å²) in [5, 5.41) is 15.3. The average molecular weight is 278 g/mol. The zero-order valence-corrected chi connectivity index (χ0v) is 12.9. The molecule has 4 heteroatoms. The molecule has 3 N–H and O–H groups in total. The molecule has 1 aromatic carbocycles. The fourth-order valence-corrected chi connectivity index (χ4v) is 2.26. The number of aliphatic hydroxyl groups is 1. The molecule has 0 radical (unpaired) electrons. The van der Waals surface area contributed by atoms with Gasteiger partial charge in [0.1, 0.15) is 0 Å². The molecule has 0 saturated carbocycles. The summed E-state index contributed by atoms with van der Waals surface area (Å²) in [6.07, 6.45) is 2.24. The standard InChI is InChI=1S/C16H26N2O2/c1-5-16(6-2,7-3)18-15(20)17-14-10-8-13(9-11-14)12(4)19/h8-12,19H,5-7H2,1-4H3,(H2,17,18,20). The summed E-state index contributed by atoms with van der Waals surface area (Å²) in [7, 11) is 0. The van der Waals surface area contributed by atoms with E-state index in [2.05, 4.69) is 31.4 Å². The van der Waals surface area contributed by atoms with E-state index < -0.39 is 6.10 Å². The van der Waals surface area contributed by atoms with Crippen molar-refractivity contribution in [3.63, 3.8) is 0 Å². The molecule has 0 aliphatic carbocycles. The molecule has 0 aliphatic heterocycles. The molecule has 0 bridgehead atoms. The fourth-order valence-electron chi connectivity index (χ4n) is 2.26. The van der Waals surface area contributed by atoms with Gasteiger partial charge < -0.3 is 15.7 Å². The Morgan fingerprint density at radius 3 is 2.05 bits per heavy atom. The van der Waals surface area contributed by atoms with Crippen molar-refractivity contribution in [1.29, 1.82) is 0 Å². The van der Waals surface area contributed by atoms with Crippen LogP contribution in [-0.2, 0) is 0 Å². The van der Waals surface area contributed by atoms with E-state index in [1.54, 1.807) is 19.1 Å². The van der Waals surface area contributed by atoms with E-state index in [-0.39, 0.29) is 11.6 Å². The summed E-state index contributed by atoms with van der Waals surface area (Å²) >= 11 is 0. The summed E-state index contributed by atoms with van der Waals surface area (Å²) in [6.45, 7) is 7.98. The molecule has 0 aromatic heterocycles. The quantitative estimate of drug-likeness (QED) is 0.740. The highest BCUT2D eigenvalue weighted by atomic mass is 16.3. The van der Waals surface area contributed by atoms with Crippen molar-refractivity contribution < 1.29 is 9.90 Å². The molecule has 1 rings (SSSR count). The van der Waals surface area contributed by atoms with Gasteiger partial charge in [-0.2, -0.15) is 0 Å². The van der Waals surface area contributed by atoms with Crippen LogP contribution in [-0.4, -0.2) is 16.7 Å². The Balaban J connectivity index is 2.66. The van der Waals surface area contributed by atoms with Gasteiger partial charge in [-0.15, -0.1) is 0 Å². The predicted molar refractivity (Wildman–Crippen MR) is 82.8 cm³/mol. The molecule has 1 aromatic rings. The maximum Gasteiger partial charge on any atom is 0.319 e. The third kappa shape index (κ3) is 4.23. The van der Waals surface area contributed by atoms with Crippen LogP contribution in [0.4, 0.5) is 10.5 Å². The Labute approximate surface area is 121 Å². The summed E-state index contributed by atoms with van der Waals surface area (Å²) < 4.78 is 0. The van der Waals surface area contributed by atoms with Crippen LogP contribution < -0.4 is 10.6 Å². The minimum atomic E-state index is -0.495. The SMILES string of the molecule is CCC(CC)(CC)NC(=O)Nc1ccc(C(C)O)cc1. The van der Waals surface area contributed by atoms with Crippen molar-refractivity contribution in [2.75, 3.05) is 5.32 Å². The van der Waals surface area contributed by atoms with Crippen molar-refractivity contribution in [2.24, 2.45) is 0 Å². The van der Waals surface area contributed by atoms with Gasteiger partial charge in [-0.3, -0.25) is 0 Å². The van der Waals surface area contributed by atoms with Gasteiger partial charge in [0.25, 0.3) is 0 Å². The van der Waals surface area contributed by atoms with Gasteiger partial charge in [-0.05, 0) is 43.9 Å². The molecule has 0 aliphatic rings. The van der Waals surface area contributed by atoms with Crippen LogP contribution in [0.3, 0.4) is 0 Å². The van der Waals surface area contributed by atoms with E-state index in [0.717, 1.165) is 30.5 Å². The number of amides is 2. The van der Waals surface area contributed by atoms with Gasteiger partial charge >= 0.3 is 6.03 Å². The molecule has 1 unspecified atom stereocenters. The maximum absolute atomic E-state index is 12.1. The van der Waals surface area contributed by atoms with E-state index in [9.17, 15) is 9.90 Å². The summed E-state index contributed by atoms with van der Waals surface area (Å²) in [5.74, 6) is 0. The van der Waals surface area contributed by atoms with E-state index in [1.807, 2.05) is 12.1 Å². The smallest absolute Gasteiger partial charge is 0.319 e. The molecular formula is C16H26N2O2. The van der Waals surface area contributed by atoms with E-state index >= 15 is 0 Å². The fraction of sp³-hybridized carbons (Fsp3) is 0.562. The van der Waals surface area contributed by atoms with E-state index in [1.165, 1.54) is 0 Å². The monoisotopic (exact) mass is 278 g/mol. The second kappa shape index (κ2) is 7.29. The maximum atomic E-state index is 12.1. The summed E-state index contributed by atoms with van der Waals surface area (Å²) in [6, 6.07) is 7.04. The van der Waals surface area contributed by atoms with Gasteiger partial charge in [0.15, 0.2) is 0 Å². The summed E-state index contributed by atoms with van der Waals surface area (Å²) in [4.78, 5) is 12.1. The largest absolute Gasteiger partial charge is 0.389 e. The Kier molecular flexibility index (Phi) is 6.02. The second-order valence-electron chi connectivity index (χ2n) is 5.22. The third-order valence-corrected chi connectivity index (χ3v) is 4.06. The van der Waals surface area contributed by atoms with Crippen LogP contribution >= 0.6 is 0 Å². The highest BCUT2D eigenvalue weighted by Gasteiger charge is 2.25. The Morgan fingerprint density at radius 2 is 1.65 bits per heavy atom. The third-order valence-electron chi connectivity index (χ3n) is 4.06. The highest BCUT2D eigenvalue weighted by Crippen LogP contribution is 2.20. The molecule has 112 valence electrons. The topological polar surface area (TPSA) is 61.4 Å². The number of nitrogens with one attached hydrogen (secondary N) is 2. The highest BCUT2D eigenvalue weighted by molar-refractivity contribution is 5.89. The lowest BCUT2D eigenvalue weighted by Crippen LogP contribution is -2.48. The van der Waals surface area contributed by atoms with E-state index in [0.29, 0.717) is 0 Å². The first-order valence-corrected chi connectivity index (χ1v) is 7.33. The van der Waals surface area contributed by atoms with Crippen LogP contribution in [0, 0.1) is 0 Å². The van der Waals surface area contributed by atoms with Crippen molar-refractivity contribution in [1.82, 2.24) is 5.32 Å². The Hall–Kier alpha value is -1.55. The first kappa shape index (κ1) is 16.5. The number of hydrogen-bond acceptors (Lipinski definition) is 2. The van der Waals surface area contributed by atoms with Crippen molar-refractivity contribution in [3.05, 3.63) is 29.8 Å². The number of urea groups is 1. The average Bonchev–Trinajstić information content (AvgIpc) is 2.45. The first-order valence-electron chi connectivity index (χ1n) is 7.33. The van der Waals surface area contributed by atoms with Crippen molar-refractivity contribution in [2.45, 2.75) is 58.6 Å². The van der Waals surface area contributed by atoms with E-state index in [4.69, 9.17) is 0 Å². The lowest BCUT2D eigenvalue weighted by Gasteiger charge is -2.31. The molecule has 0 heterocycles. The first-order chi connectivity index (χ1) is 9.46. The van der Waals surface area contributed by atoms with Gasteiger partial charge in [0.2, 0.25) is 0 Å². The molecular weight excluding hydrogens is 252 g/mol. The number of benzene rings is 1. The van der Waals surface area contributed by atoms with Crippen LogP contribution in [0.5, 0.6) is 0 Å². The number of carbonyl (C=O) groups is 1. The number of rotatable bonds is 6. The Bertz CT molecular complexity index is 414. The molecule has 0 fully saturated rings. The van der Waals surface area contributed by atoms with Crippen molar-refractivity contribution in [3.8, 4) is 0 Å². The number of aliphatic hydroxyl groups excluding tert-OH is 1. The van der Waals surface area contributed by atoms with Crippen LogP contribution in [0.2, 0.25) is 0 Å². The summed E-state index contributed by atoms with van der Waals surface area (Å²) in [5.41, 5.74) is 1.42. The minimum absolute atomic E-state index is 0.135. The van der Waals surface area contributed by atoms with Crippen molar-refractivity contribution >= 4 is 11.7 Å². The zero-order chi connectivity index (χ0) is 15.2. The van der Waals surface area contributed by atoms with Gasteiger partial charge in [0, 0.05) is 11.2 Å². The Morgan fingerprint density at radius 1 is 1.15 bits per heavy atom. The molecule has 0 saturated heterocycles. The van der Waals surface area contributed by atoms with Gasteiger partial charge in [-0.1, -0.05) is 32.9 Å². The molecule has 4 nitrogen and oxygen atoms in total. The predicted octanol–water partition coefficient (Wildman–Crippen LogP) is 3.83. The van der Waals surface area contributed by atoms with Crippen LogP contribution in [0.1, 0.15) is 58.6 Å². The zero-order valence-electron chi connectivity index (χ0n) is 12.9. The molecule has 0 spiro atoms. The normalized spacial score (nSPS) is 12.8. The number of carbonyl (C=O) groups excluding carboxylic acids is 1. The molecule has 1 atom stereocenters. The van der Waals surface area contributed by atoms with Gasteiger partial charge in [-0.25, -0.2) is 4.79 Å². The number of anilines is 1. The lowest BCUT2D eigenvalue weighted by atomic mass is 9.90. The number of hydrogen-bond donors (Lipinski definition) is 3. The molecule has 20 heavy (non-hydrogen) atoms. The second-order valence-corrected chi connectivity index (χ2v) is 5.22. The van der Waals surface area contributed by atoms with Crippen LogP contribution in [0.15, 0.2) is 24.3 Å².